The second kappa shape index (κ2) is 6.36. The minimum absolute atomic E-state index is 0.0233. The van der Waals surface area contributed by atoms with Crippen molar-refractivity contribution in [3.05, 3.63) is 55.4 Å². The lowest BCUT2D eigenvalue weighted by molar-refractivity contribution is -0.383. The normalized spacial score (nSPS) is 10.4. The van der Waals surface area contributed by atoms with Gasteiger partial charge < -0.3 is 4.90 Å². The number of rotatable bonds is 5. The van der Waals surface area contributed by atoms with Gasteiger partial charge in [0, 0.05) is 24.1 Å². The molecule has 2 aromatic rings. The number of benzene rings is 1. The molecule has 0 spiro atoms. The van der Waals surface area contributed by atoms with Crippen LogP contribution in [0.25, 0.3) is 0 Å². The molecular weight excluding hydrogens is 356 g/mol. The van der Waals surface area contributed by atoms with Crippen LogP contribution < -0.4 is 4.90 Å². The lowest BCUT2D eigenvalue weighted by atomic mass is 10.2. The van der Waals surface area contributed by atoms with E-state index < -0.39 is 4.92 Å². The molecule has 21 heavy (non-hydrogen) atoms. The van der Waals surface area contributed by atoms with Crippen LogP contribution in [0, 0.1) is 10.1 Å². The average molecular weight is 369 g/mol. The van der Waals surface area contributed by atoms with Gasteiger partial charge in [0.1, 0.15) is 0 Å². The summed E-state index contributed by atoms with van der Waals surface area (Å²) in [6.07, 6.45) is 0. The highest BCUT2D eigenvalue weighted by atomic mass is 79.9. The van der Waals surface area contributed by atoms with E-state index in [0.717, 1.165) is 21.4 Å². The second-order valence-corrected chi connectivity index (χ2v) is 6.54. The van der Waals surface area contributed by atoms with E-state index in [4.69, 9.17) is 0 Å². The van der Waals surface area contributed by atoms with Crippen LogP contribution in [0.2, 0.25) is 0 Å². The Morgan fingerprint density at radius 3 is 2.52 bits per heavy atom. The predicted molar refractivity (Wildman–Crippen MR) is 87.2 cm³/mol. The molecule has 0 fully saturated rings. The summed E-state index contributed by atoms with van der Waals surface area (Å²) >= 11 is 4.52. The van der Waals surface area contributed by atoms with Crippen LogP contribution in [0.5, 0.6) is 0 Å². The van der Waals surface area contributed by atoms with Crippen molar-refractivity contribution in [3.8, 4) is 0 Å². The van der Waals surface area contributed by atoms with Crippen molar-refractivity contribution in [2.45, 2.75) is 13.5 Å². The second-order valence-electron chi connectivity index (χ2n) is 4.60. The fourth-order valence-corrected chi connectivity index (χ4v) is 3.13. The van der Waals surface area contributed by atoms with Gasteiger partial charge in [-0.2, -0.15) is 0 Å². The Kier molecular flexibility index (Phi) is 4.74. The number of nitro groups is 1. The molecule has 0 atom stereocenters. The van der Waals surface area contributed by atoms with E-state index in [-0.39, 0.29) is 11.5 Å². The third kappa shape index (κ3) is 3.68. The van der Waals surface area contributed by atoms with E-state index in [1.807, 2.05) is 24.3 Å². The molecule has 0 bridgehead atoms. The highest BCUT2D eigenvalue weighted by molar-refractivity contribution is 9.10. The van der Waals surface area contributed by atoms with Gasteiger partial charge in [0.25, 0.3) is 0 Å². The molecule has 7 heteroatoms. The van der Waals surface area contributed by atoms with Crippen molar-refractivity contribution < 1.29 is 9.72 Å². The fraction of sp³-hybridized carbons (Fsp3) is 0.214. The van der Waals surface area contributed by atoms with E-state index in [2.05, 4.69) is 15.9 Å². The molecule has 0 aliphatic carbocycles. The van der Waals surface area contributed by atoms with Crippen molar-refractivity contribution in [2.24, 2.45) is 0 Å². The van der Waals surface area contributed by atoms with Crippen LogP contribution >= 0.6 is 27.3 Å². The van der Waals surface area contributed by atoms with E-state index in [1.165, 1.54) is 13.0 Å². The minimum atomic E-state index is -0.448. The van der Waals surface area contributed by atoms with Gasteiger partial charge in [0.2, 0.25) is 0 Å². The lowest BCUT2D eigenvalue weighted by Crippen LogP contribution is -2.16. The zero-order valence-electron chi connectivity index (χ0n) is 11.5. The van der Waals surface area contributed by atoms with Crippen LogP contribution in [-0.2, 0) is 6.54 Å². The molecular formula is C14H13BrN2O3S. The van der Waals surface area contributed by atoms with E-state index >= 15 is 0 Å². The molecule has 0 saturated heterocycles. The van der Waals surface area contributed by atoms with Gasteiger partial charge in [0.05, 0.1) is 9.80 Å². The van der Waals surface area contributed by atoms with Crippen LogP contribution in [0.4, 0.5) is 10.7 Å². The number of ketones is 1. The summed E-state index contributed by atoms with van der Waals surface area (Å²) in [7, 11) is 1.78. The Hall–Kier alpha value is -1.73. The minimum Gasteiger partial charge on any atom is -0.357 e. The highest BCUT2D eigenvalue weighted by Gasteiger charge is 2.23. The Morgan fingerprint density at radius 2 is 2.00 bits per heavy atom. The molecule has 0 radical (unpaired) electrons. The van der Waals surface area contributed by atoms with Crippen molar-refractivity contribution in [1.29, 1.82) is 0 Å². The van der Waals surface area contributed by atoms with Crippen LogP contribution in [0.3, 0.4) is 0 Å². The number of Topliss-reactive ketones (excluding diaryl/α,β-unsaturated/α-hetero) is 1. The first kappa shape index (κ1) is 15.7. The molecule has 0 aliphatic rings. The summed E-state index contributed by atoms with van der Waals surface area (Å²) < 4.78 is 0.981. The molecule has 0 saturated carbocycles. The monoisotopic (exact) mass is 368 g/mol. The van der Waals surface area contributed by atoms with Gasteiger partial charge in [-0.3, -0.25) is 14.9 Å². The third-order valence-electron chi connectivity index (χ3n) is 2.92. The average Bonchev–Trinajstić information content (AvgIpc) is 2.87. The summed E-state index contributed by atoms with van der Waals surface area (Å²) in [5.74, 6) is -0.161. The maximum absolute atomic E-state index is 11.4. The standard InChI is InChI=1S/C14H13BrN2O3S/c1-9(18)13-7-12(17(19)20)14(21-13)16(2)8-10-3-5-11(15)6-4-10/h3-7H,8H2,1-2H3. The van der Waals surface area contributed by atoms with E-state index in [9.17, 15) is 14.9 Å². The van der Waals surface area contributed by atoms with Crippen molar-refractivity contribution in [3.63, 3.8) is 0 Å². The Morgan fingerprint density at radius 1 is 1.38 bits per heavy atom. The number of nitrogens with zero attached hydrogens (tertiary/aromatic N) is 2. The topological polar surface area (TPSA) is 63.4 Å². The predicted octanol–water partition coefficient (Wildman–Crippen LogP) is 4.26. The number of halogens is 1. The molecule has 0 amide bonds. The molecule has 2 rings (SSSR count). The summed E-state index contributed by atoms with van der Waals surface area (Å²) in [5, 5.41) is 11.6. The molecule has 110 valence electrons. The zero-order chi connectivity index (χ0) is 15.6. The van der Waals surface area contributed by atoms with Gasteiger partial charge in [-0.1, -0.05) is 28.1 Å². The Balaban J connectivity index is 2.29. The Labute approximate surface area is 134 Å². The number of carbonyl (C=O) groups excluding carboxylic acids is 1. The number of thiophene rings is 1. The fourth-order valence-electron chi connectivity index (χ4n) is 1.89. The third-order valence-corrected chi connectivity index (χ3v) is 4.78. The number of hydrogen-bond donors (Lipinski definition) is 0. The summed E-state index contributed by atoms with van der Waals surface area (Å²) in [4.78, 5) is 24.3. The molecule has 0 aliphatic heterocycles. The maximum Gasteiger partial charge on any atom is 0.304 e. The van der Waals surface area contributed by atoms with Gasteiger partial charge in [-0.15, -0.1) is 11.3 Å². The Bertz CT molecular complexity index is 682. The highest BCUT2D eigenvalue weighted by Crippen LogP contribution is 2.37. The van der Waals surface area contributed by atoms with E-state index in [1.54, 1.807) is 11.9 Å². The first-order valence-electron chi connectivity index (χ1n) is 6.13. The van der Waals surface area contributed by atoms with Crippen molar-refractivity contribution in [1.82, 2.24) is 0 Å². The molecule has 1 heterocycles. The molecule has 5 nitrogen and oxygen atoms in total. The summed E-state index contributed by atoms with van der Waals surface area (Å²) in [6.45, 7) is 1.94. The number of carbonyl (C=O) groups is 1. The largest absolute Gasteiger partial charge is 0.357 e. The van der Waals surface area contributed by atoms with Crippen LogP contribution in [0.15, 0.2) is 34.8 Å². The van der Waals surface area contributed by atoms with Gasteiger partial charge in [-0.05, 0) is 24.6 Å². The first-order valence-corrected chi connectivity index (χ1v) is 7.74. The molecule has 0 N–H and O–H groups in total. The smallest absolute Gasteiger partial charge is 0.304 e. The van der Waals surface area contributed by atoms with Gasteiger partial charge in [-0.25, -0.2) is 0 Å². The lowest BCUT2D eigenvalue weighted by Gasteiger charge is -2.16. The summed E-state index contributed by atoms with van der Waals surface area (Å²) in [6, 6.07) is 9.10. The maximum atomic E-state index is 11.4. The first-order chi connectivity index (χ1) is 9.88. The SMILES string of the molecule is CC(=O)c1cc([N+](=O)[O-])c(N(C)Cc2ccc(Br)cc2)s1. The molecule has 1 aromatic heterocycles. The zero-order valence-corrected chi connectivity index (χ0v) is 13.9. The van der Waals surface area contributed by atoms with Crippen LogP contribution in [-0.4, -0.2) is 17.8 Å². The molecule has 0 unspecified atom stereocenters. The van der Waals surface area contributed by atoms with Gasteiger partial charge >= 0.3 is 5.69 Å². The molecule has 1 aromatic carbocycles. The summed E-state index contributed by atoms with van der Waals surface area (Å²) in [5.41, 5.74) is 1.01. The number of hydrogen-bond acceptors (Lipinski definition) is 5. The van der Waals surface area contributed by atoms with Crippen LogP contribution in [0.1, 0.15) is 22.2 Å². The van der Waals surface area contributed by atoms with Gasteiger partial charge in [0.15, 0.2) is 10.8 Å². The van der Waals surface area contributed by atoms with E-state index in [0.29, 0.717) is 16.4 Å². The number of anilines is 1. The van der Waals surface area contributed by atoms with Crippen molar-refractivity contribution in [2.75, 3.05) is 11.9 Å². The van der Waals surface area contributed by atoms with Crippen molar-refractivity contribution >= 4 is 43.7 Å². The quantitative estimate of drug-likeness (QED) is 0.449.